The Kier molecular flexibility index (Phi) is 4.40. The van der Waals surface area contributed by atoms with Gasteiger partial charge in [0.1, 0.15) is 0 Å². The lowest BCUT2D eigenvalue weighted by atomic mass is 10.1. The van der Waals surface area contributed by atoms with E-state index in [1.807, 2.05) is 0 Å². The van der Waals surface area contributed by atoms with Crippen LogP contribution >= 0.6 is 0 Å². The second-order valence-electron chi connectivity index (χ2n) is 6.78. The van der Waals surface area contributed by atoms with Gasteiger partial charge in [-0.1, -0.05) is 6.07 Å². The molecule has 1 atom stereocenters. The summed E-state index contributed by atoms with van der Waals surface area (Å²) in [5.41, 5.74) is 0.404. The van der Waals surface area contributed by atoms with Crippen LogP contribution in [0.5, 0.6) is 0 Å². The van der Waals surface area contributed by atoms with E-state index < -0.39 is 29.5 Å². The van der Waals surface area contributed by atoms with Gasteiger partial charge in [-0.05, 0) is 36.4 Å². The van der Waals surface area contributed by atoms with Crippen LogP contribution in [0.2, 0.25) is 0 Å². The Hall–Kier alpha value is -3.56. The number of aromatic amines is 2. The highest BCUT2D eigenvalue weighted by Gasteiger charge is 2.37. The van der Waals surface area contributed by atoms with Gasteiger partial charge < -0.3 is 20.2 Å². The average Bonchev–Trinajstić information content (AvgIpc) is 3.22. The van der Waals surface area contributed by atoms with Crippen molar-refractivity contribution < 1.29 is 22.8 Å². The first-order valence-corrected chi connectivity index (χ1v) is 8.71. The maximum absolute atomic E-state index is 12.9. The van der Waals surface area contributed by atoms with Crippen molar-refractivity contribution in [3.05, 3.63) is 58.5 Å². The first-order valence-electron chi connectivity index (χ1n) is 8.71. The molecule has 0 aliphatic carbocycles. The Balaban J connectivity index is 1.49. The molecule has 0 saturated carbocycles. The molecular formula is C19H15F3N4O3. The van der Waals surface area contributed by atoms with Crippen molar-refractivity contribution in [2.75, 3.05) is 16.8 Å². The molecule has 0 radical (unpaired) electrons. The fourth-order valence-corrected chi connectivity index (χ4v) is 3.34. The van der Waals surface area contributed by atoms with Crippen molar-refractivity contribution in [1.82, 2.24) is 9.97 Å². The number of hydrogen-bond donors (Lipinski definition) is 3. The van der Waals surface area contributed by atoms with Crippen LogP contribution in [0.15, 0.2) is 47.3 Å². The van der Waals surface area contributed by atoms with E-state index in [1.54, 1.807) is 18.2 Å². The van der Waals surface area contributed by atoms with Gasteiger partial charge >= 0.3 is 11.9 Å². The Bertz CT molecular complexity index is 1170. The molecule has 3 aromatic rings. The molecule has 4 rings (SSSR count). The van der Waals surface area contributed by atoms with Crippen molar-refractivity contribution in [2.45, 2.75) is 12.6 Å². The van der Waals surface area contributed by atoms with Crippen LogP contribution in [0, 0.1) is 5.92 Å². The maximum atomic E-state index is 12.9. The minimum Gasteiger partial charge on any atom is -0.326 e. The lowest BCUT2D eigenvalue weighted by molar-refractivity contribution is -0.137. The zero-order valence-electron chi connectivity index (χ0n) is 14.8. The molecule has 0 bridgehead atoms. The number of carbonyl (C=O) groups excluding carboxylic acids is 2. The van der Waals surface area contributed by atoms with Crippen LogP contribution in [0.4, 0.5) is 24.5 Å². The van der Waals surface area contributed by atoms with Crippen molar-refractivity contribution in [3.63, 3.8) is 0 Å². The molecule has 1 aliphatic rings. The predicted molar refractivity (Wildman–Crippen MR) is 99.5 cm³/mol. The molecule has 1 saturated heterocycles. The SMILES string of the molecule is O=C(Nc1ccc2[nH]c(=O)[nH]c2c1)[C@H]1CC(=O)N(c2cccc(C(F)(F)F)c2)C1. The molecule has 3 N–H and O–H groups in total. The first-order chi connectivity index (χ1) is 13.7. The summed E-state index contributed by atoms with van der Waals surface area (Å²) in [6.07, 6.45) is -4.63. The quantitative estimate of drug-likeness (QED) is 0.626. The standard InChI is InChI=1S/C19H15F3N4O3/c20-19(21,22)11-2-1-3-13(7-11)26-9-10(6-16(26)27)17(28)23-12-4-5-14-15(8-12)25-18(29)24-14/h1-5,7-8,10H,6,9H2,(H,23,28)(H2,24,25,29)/t10-/m0/s1. The number of hydrogen-bond acceptors (Lipinski definition) is 3. The summed E-state index contributed by atoms with van der Waals surface area (Å²) in [5.74, 6) is -1.56. The van der Waals surface area contributed by atoms with Gasteiger partial charge in [-0.25, -0.2) is 4.79 Å². The fourth-order valence-electron chi connectivity index (χ4n) is 3.34. The number of halogens is 3. The molecule has 1 aliphatic heterocycles. The van der Waals surface area contributed by atoms with Crippen LogP contribution < -0.4 is 15.9 Å². The summed E-state index contributed by atoms with van der Waals surface area (Å²) in [5, 5.41) is 2.68. The van der Waals surface area contributed by atoms with E-state index >= 15 is 0 Å². The molecule has 0 spiro atoms. The molecule has 2 aromatic carbocycles. The third-order valence-electron chi connectivity index (χ3n) is 4.76. The minimum absolute atomic E-state index is 0.0186. The van der Waals surface area contributed by atoms with E-state index in [1.165, 1.54) is 17.0 Å². The number of alkyl halides is 3. The molecule has 2 amide bonds. The number of aromatic nitrogens is 2. The molecule has 7 nitrogen and oxygen atoms in total. The monoisotopic (exact) mass is 404 g/mol. The molecule has 29 heavy (non-hydrogen) atoms. The lowest BCUT2D eigenvalue weighted by Gasteiger charge is -2.18. The number of fused-ring (bicyclic) bond motifs is 1. The second-order valence-corrected chi connectivity index (χ2v) is 6.78. The number of nitrogens with zero attached hydrogens (tertiary/aromatic N) is 1. The van der Waals surface area contributed by atoms with E-state index in [0.29, 0.717) is 16.7 Å². The molecule has 150 valence electrons. The lowest BCUT2D eigenvalue weighted by Crippen LogP contribution is -2.28. The van der Waals surface area contributed by atoms with E-state index in [9.17, 15) is 27.6 Å². The van der Waals surface area contributed by atoms with Gasteiger partial charge in [-0.3, -0.25) is 9.59 Å². The molecule has 1 fully saturated rings. The second kappa shape index (κ2) is 6.80. The third kappa shape index (κ3) is 3.73. The number of carbonyl (C=O) groups is 2. The van der Waals surface area contributed by atoms with Crippen LogP contribution in [0.3, 0.4) is 0 Å². The highest BCUT2D eigenvalue weighted by atomic mass is 19.4. The largest absolute Gasteiger partial charge is 0.416 e. The normalized spacial score (nSPS) is 17.1. The zero-order valence-corrected chi connectivity index (χ0v) is 14.8. The topological polar surface area (TPSA) is 98.1 Å². The fraction of sp³-hybridized carbons (Fsp3) is 0.211. The number of H-pyrrole nitrogens is 2. The highest BCUT2D eigenvalue weighted by molar-refractivity contribution is 6.04. The zero-order chi connectivity index (χ0) is 20.8. The summed E-state index contributed by atoms with van der Waals surface area (Å²) in [6.45, 7) is -0.0186. The first kappa shape index (κ1) is 18.8. The van der Waals surface area contributed by atoms with Gasteiger partial charge in [-0.2, -0.15) is 13.2 Å². The summed E-state index contributed by atoms with van der Waals surface area (Å²) >= 11 is 0. The van der Waals surface area contributed by atoms with Gasteiger partial charge in [0, 0.05) is 24.3 Å². The molecule has 0 unspecified atom stereocenters. The van der Waals surface area contributed by atoms with Gasteiger partial charge in [0.25, 0.3) is 0 Å². The van der Waals surface area contributed by atoms with E-state index in [4.69, 9.17) is 0 Å². The minimum atomic E-state index is -4.52. The summed E-state index contributed by atoms with van der Waals surface area (Å²) in [6, 6.07) is 9.26. The van der Waals surface area contributed by atoms with E-state index in [2.05, 4.69) is 15.3 Å². The van der Waals surface area contributed by atoms with Crippen LogP contribution in [0.25, 0.3) is 11.0 Å². The summed E-state index contributed by atoms with van der Waals surface area (Å²) < 4.78 is 38.8. The molecule has 1 aromatic heterocycles. The maximum Gasteiger partial charge on any atom is 0.416 e. The Morgan fingerprint density at radius 1 is 1.07 bits per heavy atom. The van der Waals surface area contributed by atoms with Crippen molar-refractivity contribution >= 4 is 34.2 Å². The molecular weight excluding hydrogens is 389 g/mol. The van der Waals surface area contributed by atoms with Crippen LogP contribution in [-0.4, -0.2) is 28.3 Å². The molecule has 2 heterocycles. The van der Waals surface area contributed by atoms with Gasteiger partial charge in [0.2, 0.25) is 11.8 Å². The summed E-state index contributed by atoms with van der Waals surface area (Å²) in [7, 11) is 0. The van der Waals surface area contributed by atoms with Crippen LogP contribution in [-0.2, 0) is 15.8 Å². The van der Waals surface area contributed by atoms with Crippen LogP contribution in [0.1, 0.15) is 12.0 Å². The van der Waals surface area contributed by atoms with Gasteiger partial charge in [-0.15, -0.1) is 0 Å². The van der Waals surface area contributed by atoms with Crippen molar-refractivity contribution in [2.24, 2.45) is 5.92 Å². The highest BCUT2D eigenvalue weighted by Crippen LogP contribution is 2.33. The smallest absolute Gasteiger partial charge is 0.326 e. The van der Waals surface area contributed by atoms with Gasteiger partial charge in [0.05, 0.1) is 22.5 Å². The molecule has 10 heteroatoms. The number of amides is 2. The van der Waals surface area contributed by atoms with Gasteiger partial charge in [0.15, 0.2) is 0 Å². The van der Waals surface area contributed by atoms with E-state index in [-0.39, 0.29) is 24.3 Å². The number of benzene rings is 2. The third-order valence-corrected chi connectivity index (χ3v) is 4.76. The Labute approximate surface area is 161 Å². The summed E-state index contributed by atoms with van der Waals surface area (Å²) in [4.78, 5) is 42.5. The predicted octanol–water partition coefficient (Wildman–Crippen LogP) is 2.87. The number of imidazole rings is 1. The Morgan fingerprint density at radius 3 is 2.59 bits per heavy atom. The average molecular weight is 404 g/mol. The van der Waals surface area contributed by atoms with E-state index in [0.717, 1.165) is 12.1 Å². The number of rotatable bonds is 3. The number of nitrogens with one attached hydrogen (secondary N) is 3. The number of anilines is 2. The van der Waals surface area contributed by atoms with Crippen molar-refractivity contribution in [1.29, 1.82) is 0 Å². The Morgan fingerprint density at radius 2 is 1.83 bits per heavy atom. The van der Waals surface area contributed by atoms with Crippen molar-refractivity contribution in [3.8, 4) is 0 Å².